The van der Waals surface area contributed by atoms with Gasteiger partial charge in [-0.3, -0.25) is 4.79 Å². The third-order valence-electron chi connectivity index (χ3n) is 5.16. The first-order valence-corrected chi connectivity index (χ1v) is 9.20. The molecule has 1 amide bonds. The van der Waals surface area contributed by atoms with Gasteiger partial charge < -0.3 is 10.2 Å². The summed E-state index contributed by atoms with van der Waals surface area (Å²) in [4.78, 5) is 15.4. The van der Waals surface area contributed by atoms with E-state index in [2.05, 4.69) is 38.1 Å². The van der Waals surface area contributed by atoms with Gasteiger partial charge in [0, 0.05) is 18.3 Å². The molecule has 1 aromatic carbocycles. The van der Waals surface area contributed by atoms with Crippen molar-refractivity contribution >= 4 is 17.4 Å². The number of rotatable bonds is 5. The number of hydrogen-bond acceptors (Lipinski definition) is 3. The third-order valence-corrected chi connectivity index (χ3v) is 5.16. The molecule has 5 heteroatoms. The Labute approximate surface area is 150 Å². The molecule has 1 aliphatic rings. The number of nitrogens with zero attached hydrogens (tertiary/aromatic N) is 3. The number of anilines is 2. The van der Waals surface area contributed by atoms with Crippen LogP contribution < -0.4 is 10.2 Å². The lowest BCUT2D eigenvalue weighted by Crippen LogP contribution is -2.41. The lowest BCUT2D eigenvalue weighted by molar-refractivity contribution is 0.0975. The Morgan fingerprint density at radius 3 is 2.60 bits per heavy atom. The standard InChI is InChI=1S/C20H28N4O/c1-5-15(6-2)23(16-10-8-7-9-11-16)19(25)17-14-22-24-18(17)21-13-12-20(24,3)4/h7-11,14-15,21H,5-6,12-13H2,1-4H3. The van der Waals surface area contributed by atoms with Crippen LogP contribution in [-0.2, 0) is 5.54 Å². The summed E-state index contributed by atoms with van der Waals surface area (Å²) in [5, 5.41) is 7.91. The van der Waals surface area contributed by atoms with E-state index in [-0.39, 0.29) is 17.5 Å². The molecule has 0 radical (unpaired) electrons. The van der Waals surface area contributed by atoms with Crippen LogP contribution in [0.4, 0.5) is 11.5 Å². The largest absolute Gasteiger partial charge is 0.370 e. The van der Waals surface area contributed by atoms with E-state index < -0.39 is 0 Å². The van der Waals surface area contributed by atoms with Crippen molar-refractivity contribution in [1.29, 1.82) is 0 Å². The highest BCUT2D eigenvalue weighted by Crippen LogP contribution is 2.33. The van der Waals surface area contributed by atoms with Gasteiger partial charge in [-0.1, -0.05) is 32.0 Å². The van der Waals surface area contributed by atoms with E-state index in [0.29, 0.717) is 5.56 Å². The molecule has 1 aromatic heterocycles. The Bertz CT molecular complexity index is 731. The van der Waals surface area contributed by atoms with Gasteiger partial charge in [0.15, 0.2) is 0 Å². The number of hydrogen-bond donors (Lipinski definition) is 1. The Balaban J connectivity index is 2.03. The topological polar surface area (TPSA) is 50.2 Å². The monoisotopic (exact) mass is 340 g/mol. The van der Waals surface area contributed by atoms with Crippen molar-refractivity contribution in [3.63, 3.8) is 0 Å². The molecule has 134 valence electrons. The summed E-state index contributed by atoms with van der Waals surface area (Å²) in [5.41, 5.74) is 1.52. The van der Waals surface area contributed by atoms with E-state index in [9.17, 15) is 4.79 Å². The number of fused-ring (bicyclic) bond motifs is 1. The van der Waals surface area contributed by atoms with Crippen molar-refractivity contribution in [3.8, 4) is 0 Å². The SMILES string of the molecule is CCC(CC)N(C(=O)c1cnn2c1NCCC2(C)C)c1ccccc1. The summed E-state index contributed by atoms with van der Waals surface area (Å²) in [6.07, 6.45) is 4.54. The summed E-state index contributed by atoms with van der Waals surface area (Å²) in [7, 11) is 0. The van der Waals surface area contributed by atoms with E-state index in [0.717, 1.165) is 37.3 Å². The van der Waals surface area contributed by atoms with Crippen LogP contribution in [0.1, 0.15) is 57.3 Å². The molecule has 0 saturated heterocycles. The molecule has 2 aromatic rings. The summed E-state index contributed by atoms with van der Waals surface area (Å²) < 4.78 is 1.96. The van der Waals surface area contributed by atoms with Crippen molar-refractivity contribution in [2.45, 2.75) is 58.5 Å². The molecule has 5 nitrogen and oxygen atoms in total. The first-order valence-electron chi connectivity index (χ1n) is 9.20. The van der Waals surface area contributed by atoms with Gasteiger partial charge in [0.1, 0.15) is 11.4 Å². The van der Waals surface area contributed by atoms with Crippen LogP contribution in [0.5, 0.6) is 0 Å². The van der Waals surface area contributed by atoms with E-state index >= 15 is 0 Å². The normalized spacial score (nSPS) is 15.6. The highest BCUT2D eigenvalue weighted by molar-refractivity contribution is 6.09. The number of para-hydroxylation sites is 1. The lowest BCUT2D eigenvalue weighted by Gasteiger charge is -2.34. The zero-order valence-electron chi connectivity index (χ0n) is 15.6. The van der Waals surface area contributed by atoms with Gasteiger partial charge in [0.2, 0.25) is 0 Å². The van der Waals surface area contributed by atoms with Crippen LogP contribution in [0.3, 0.4) is 0 Å². The fraction of sp³-hybridized carbons (Fsp3) is 0.500. The second kappa shape index (κ2) is 6.90. The fourth-order valence-electron chi connectivity index (χ4n) is 3.59. The summed E-state index contributed by atoms with van der Waals surface area (Å²) in [5.74, 6) is 0.861. The molecule has 0 saturated carbocycles. The van der Waals surface area contributed by atoms with Crippen LogP contribution in [0.15, 0.2) is 36.5 Å². The van der Waals surface area contributed by atoms with Crippen molar-refractivity contribution in [3.05, 3.63) is 42.1 Å². The maximum absolute atomic E-state index is 13.5. The molecule has 0 unspecified atom stereocenters. The Morgan fingerprint density at radius 1 is 1.28 bits per heavy atom. The van der Waals surface area contributed by atoms with Gasteiger partial charge in [0.05, 0.1) is 11.7 Å². The molecule has 0 bridgehead atoms. The summed E-state index contributed by atoms with van der Waals surface area (Å²) >= 11 is 0. The van der Waals surface area contributed by atoms with Gasteiger partial charge in [-0.05, 0) is 45.2 Å². The van der Waals surface area contributed by atoms with Crippen LogP contribution in [-0.4, -0.2) is 28.3 Å². The van der Waals surface area contributed by atoms with E-state index in [4.69, 9.17) is 0 Å². The van der Waals surface area contributed by atoms with E-state index in [1.165, 1.54) is 0 Å². The smallest absolute Gasteiger partial charge is 0.263 e. The molecular weight excluding hydrogens is 312 g/mol. The molecule has 0 spiro atoms. The molecular formula is C20H28N4O. The number of benzene rings is 1. The summed E-state index contributed by atoms with van der Waals surface area (Å²) in [6, 6.07) is 10.1. The van der Waals surface area contributed by atoms with Crippen molar-refractivity contribution in [2.24, 2.45) is 0 Å². The maximum Gasteiger partial charge on any atom is 0.263 e. The van der Waals surface area contributed by atoms with Gasteiger partial charge in [-0.2, -0.15) is 5.10 Å². The highest BCUT2D eigenvalue weighted by atomic mass is 16.2. The average molecular weight is 340 g/mol. The molecule has 1 aliphatic heterocycles. The van der Waals surface area contributed by atoms with Gasteiger partial charge in [-0.25, -0.2) is 4.68 Å². The number of carbonyl (C=O) groups excluding carboxylic acids is 1. The van der Waals surface area contributed by atoms with Crippen molar-refractivity contribution in [1.82, 2.24) is 9.78 Å². The Kier molecular flexibility index (Phi) is 4.84. The number of aromatic nitrogens is 2. The van der Waals surface area contributed by atoms with Crippen LogP contribution in [0, 0.1) is 0 Å². The van der Waals surface area contributed by atoms with Gasteiger partial charge in [0.25, 0.3) is 5.91 Å². The predicted octanol–water partition coefficient (Wildman–Crippen LogP) is 4.27. The minimum Gasteiger partial charge on any atom is -0.370 e. The molecule has 25 heavy (non-hydrogen) atoms. The zero-order valence-corrected chi connectivity index (χ0v) is 15.6. The second-order valence-corrected chi connectivity index (χ2v) is 7.29. The molecule has 3 rings (SSSR count). The molecule has 1 N–H and O–H groups in total. The van der Waals surface area contributed by atoms with Crippen LogP contribution in [0.25, 0.3) is 0 Å². The van der Waals surface area contributed by atoms with Crippen LogP contribution >= 0.6 is 0 Å². The molecule has 0 atom stereocenters. The van der Waals surface area contributed by atoms with Crippen molar-refractivity contribution in [2.75, 3.05) is 16.8 Å². The first-order chi connectivity index (χ1) is 12.0. The molecule has 2 heterocycles. The van der Waals surface area contributed by atoms with Crippen molar-refractivity contribution < 1.29 is 4.79 Å². The zero-order chi connectivity index (χ0) is 18.0. The second-order valence-electron chi connectivity index (χ2n) is 7.29. The maximum atomic E-state index is 13.5. The number of carbonyl (C=O) groups is 1. The minimum absolute atomic E-state index is 0.0198. The average Bonchev–Trinajstić information content (AvgIpc) is 3.05. The number of nitrogens with one attached hydrogen (secondary N) is 1. The Morgan fingerprint density at radius 2 is 1.96 bits per heavy atom. The van der Waals surface area contributed by atoms with E-state index in [1.54, 1.807) is 6.20 Å². The van der Waals surface area contributed by atoms with E-state index in [1.807, 2.05) is 39.9 Å². The third kappa shape index (κ3) is 3.15. The molecule has 0 aliphatic carbocycles. The fourth-order valence-corrected chi connectivity index (χ4v) is 3.59. The Hall–Kier alpha value is -2.30. The van der Waals surface area contributed by atoms with Gasteiger partial charge >= 0.3 is 0 Å². The van der Waals surface area contributed by atoms with Gasteiger partial charge in [-0.15, -0.1) is 0 Å². The molecule has 0 fully saturated rings. The summed E-state index contributed by atoms with van der Waals surface area (Å²) in [6.45, 7) is 9.44. The lowest BCUT2D eigenvalue weighted by atomic mass is 9.99. The quantitative estimate of drug-likeness (QED) is 0.884. The predicted molar refractivity (Wildman–Crippen MR) is 102 cm³/mol. The minimum atomic E-state index is -0.0778. The van der Waals surface area contributed by atoms with Crippen LogP contribution in [0.2, 0.25) is 0 Å². The highest BCUT2D eigenvalue weighted by Gasteiger charge is 2.34. The number of amides is 1. The first kappa shape index (κ1) is 17.5.